The zero-order chi connectivity index (χ0) is 26.7. The van der Waals surface area contributed by atoms with Crippen molar-refractivity contribution in [1.29, 1.82) is 0 Å². The first-order valence-corrected chi connectivity index (χ1v) is 13.6. The molecule has 2 fully saturated rings. The Hall–Kier alpha value is -2.73. The van der Waals surface area contributed by atoms with Crippen LogP contribution >= 0.6 is 0 Å². The fourth-order valence-corrected chi connectivity index (χ4v) is 7.15. The maximum absolute atomic E-state index is 16.7. The fourth-order valence-electron chi connectivity index (χ4n) is 7.15. The molecule has 1 N–H and O–H groups in total. The maximum Gasteiger partial charge on any atom is 0.416 e. The average Bonchev–Trinajstić information content (AvgIpc) is 3.41. The summed E-state index contributed by atoms with van der Waals surface area (Å²) in [5.41, 5.74) is 3.62. The normalized spacial score (nSPS) is 21.8. The van der Waals surface area contributed by atoms with Gasteiger partial charge in [-0.3, -0.25) is 0 Å². The number of alkyl halides is 4. The Labute approximate surface area is 219 Å². The second-order valence-electron chi connectivity index (χ2n) is 11.5. The number of hydrogen-bond acceptors (Lipinski definition) is 1. The monoisotopic (exact) mass is 526 g/mol. The van der Waals surface area contributed by atoms with Crippen LogP contribution in [0.5, 0.6) is 0 Å². The van der Waals surface area contributed by atoms with Crippen LogP contribution < -0.4 is 0 Å². The molecule has 0 radical (unpaired) electrons. The van der Waals surface area contributed by atoms with Crippen molar-refractivity contribution in [3.63, 3.8) is 0 Å². The Kier molecular flexibility index (Phi) is 6.37. The lowest BCUT2D eigenvalue weighted by Gasteiger charge is -2.48. The summed E-state index contributed by atoms with van der Waals surface area (Å²) in [5, 5.41) is 11.5. The predicted octanol–water partition coefficient (Wildman–Crippen LogP) is 9.38. The maximum atomic E-state index is 16.7. The summed E-state index contributed by atoms with van der Waals surface area (Å²) < 4.78 is 70.3. The second kappa shape index (κ2) is 9.48. The van der Waals surface area contributed by atoms with Crippen LogP contribution in [0.15, 0.2) is 54.6 Å². The van der Waals surface area contributed by atoms with E-state index in [-0.39, 0.29) is 16.9 Å². The average molecular weight is 527 g/mol. The number of benzene rings is 3. The van der Waals surface area contributed by atoms with E-state index in [0.29, 0.717) is 28.7 Å². The molecule has 38 heavy (non-hydrogen) atoms. The molecule has 0 bridgehead atoms. The van der Waals surface area contributed by atoms with Gasteiger partial charge in [0.1, 0.15) is 5.82 Å². The second-order valence-corrected chi connectivity index (χ2v) is 11.5. The molecule has 3 aliphatic rings. The summed E-state index contributed by atoms with van der Waals surface area (Å²) in [6, 6.07) is 12.2. The molecule has 1 nitrogen and oxygen atoms in total. The predicted molar refractivity (Wildman–Crippen MR) is 137 cm³/mol. The van der Waals surface area contributed by atoms with Crippen LogP contribution in [-0.4, -0.2) is 5.11 Å². The van der Waals surface area contributed by atoms with Crippen molar-refractivity contribution in [2.45, 2.75) is 82.2 Å². The van der Waals surface area contributed by atoms with Gasteiger partial charge in [-0.2, -0.15) is 13.2 Å². The minimum atomic E-state index is -4.51. The van der Waals surface area contributed by atoms with Crippen molar-refractivity contribution < 1.29 is 27.1 Å². The highest BCUT2D eigenvalue weighted by Gasteiger charge is 2.45. The third kappa shape index (κ3) is 4.45. The van der Waals surface area contributed by atoms with Gasteiger partial charge in [-0.05, 0) is 108 Å². The minimum absolute atomic E-state index is 0.0729. The number of rotatable bonds is 4. The first-order valence-electron chi connectivity index (χ1n) is 13.6. The molecule has 0 amide bonds. The summed E-state index contributed by atoms with van der Waals surface area (Å²) in [7, 11) is 0. The third-order valence-corrected chi connectivity index (χ3v) is 9.18. The van der Waals surface area contributed by atoms with Crippen LogP contribution in [0.1, 0.15) is 103 Å². The lowest BCUT2D eigenvalue weighted by atomic mass is 9.58. The molecule has 0 saturated heterocycles. The Morgan fingerprint density at radius 3 is 2.13 bits per heavy atom. The van der Waals surface area contributed by atoms with E-state index in [1.807, 2.05) is 0 Å². The molecule has 1 spiro atoms. The van der Waals surface area contributed by atoms with Gasteiger partial charge in [0, 0.05) is 5.56 Å². The van der Waals surface area contributed by atoms with Crippen LogP contribution in [-0.2, 0) is 12.6 Å². The third-order valence-electron chi connectivity index (χ3n) is 9.18. The van der Waals surface area contributed by atoms with Crippen molar-refractivity contribution in [2.75, 3.05) is 0 Å². The van der Waals surface area contributed by atoms with E-state index in [1.165, 1.54) is 24.3 Å². The zero-order valence-corrected chi connectivity index (χ0v) is 21.1. The molecule has 3 aromatic rings. The molecule has 0 aliphatic heterocycles. The number of aliphatic hydroxyl groups excluding tert-OH is 1. The lowest BCUT2D eigenvalue weighted by molar-refractivity contribution is -0.137. The quantitative estimate of drug-likeness (QED) is 0.336. The fraction of sp³-hybridized carbons (Fsp3) is 0.438. The van der Waals surface area contributed by atoms with Crippen molar-refractivity contribution >= 4 is 0 Å². The van der Waals surface area contributed by atoms with Crippen LogP contribution in [0.25, 0.3) is 11.1 Å². The molecule has 2 unspecified atom stereocenters. The number of hydrogen-bond donors (Lipinski definition) is 1. The smallest absolute Gasteiger partial charge is 0.388 e. The first-order chi connectivity index (χ1) is 18.2. The summed E-state index contributed by atoms with van der Waals surface area (Å²) in [5.74, 6) is -0.275. The molecular weight excluding hydrogens is 495 g/mol. The Morgan fingerprint density at radius 2 is 1.55 bits per heavy atom. The van der Waals surface area contributed by atoms with Crippen molar-refractivity contribution in [1.82, 2.24) is 0 Å². The van der Waals surface area contributed by atoms with E-state index in [1.54, 1.807) is 12.1 Å². The van der Waals surface area contributed by atoms with Gasteiger partial charge in [-0.25, -0.2) is 8.78 Å². The Bertz CT molecular complexity index is 1320. The van der Waals surface area contributed by atoms with Crippen LogP contribution in [0.3, 0.4) is 0 Å². The van der Waals surface area contributed by atoms with Gasteiger partial charge in [-0.1, -0.05) is 49.6 Å². The lowest BCUT2D eigenvalue weighted by Crippen LogP contribution is -2.37. The molecule has 2 saturated carbocycles. The molecule has 3 aromatic carbocycles. The molecule has 2 atom stereocenters. The summed E-state index contributed by atoms with van der Waals surface area (Å²) in [6.07, 6.45) is 1.63. The SMILES string of the molecule is OC1CC2(CCC2)Cc2cc(C3CCCC3)c(C(F)c3ccc(C(F)(F)F)cc3)c(-c3ccc(F)cc3)c21. The van der Waals surface area contributed by atoms with Gasteiger partial charge >= 0.3 is 6.18 Å². The van der Waals surface area contributed by atoms with E-state index < -0.39 is 29.8 Å². The summed E-state index contributed by atoms with van der Waals surface area (Å²) >= 11 is 0. The van der Waals surface area contributed by atoms with Crippen molar-refractivity contribution in [3.05, 3.63) is 93.8 Å². The molecule has 6 rings (SSSR count). The van der Waals surface area contributed by atoms with Crippen LogP contribution in [0, 0.1) is 11.2 Å². The van der Waals surface area contributed by atoms with Crippen molar-refractivity contribution in [2.24, 2.45) is 5.41 Å². The van der Waals surface area contributed by atoms with Gasteiger partial charge in [-0.15, -0.1) is 0 Å². The molecular formula is C32H31F5O. The largest absolute Gasteiger partial charge is 0.416 e. The van der Waals surface area contributed by atoms with Crippen LogP contribution in [0.2, 0.25) is 0 Å². The number of halogens is 5. The van der Waals surface area contributed by atoms with Gasteiger partial charge in [0.2, 0.25) is 0 Å². The molecule has 0 aromatic heterocycles. The van der Waals surface area contributed by atoms with E-state index >= 15 is 4.39 Å². The van der Waals surface area contributed by atoms with Gasteiger partial charge in [0.25, 0.3) is 0 Å². The zero-order valence-electron chi connectivity index (χ0n) is 21.1. The molecule has 3 aliphatic carbocycles. The highest BCUT2D eigenvalue weighted by molar-refractivity contribution is 5.77. The van der Waals surface area contributed by atoms with Crippen LogP contribution in [0.4, 0.5) is 22.0 Å². The van der Waals surface area contributed by atoms with Gasteiger partial charge in [0.15, 0.2) is 6.17 Å². The molecule has 6 heteroatoms. The van der Waals surface area contributed by atoms with Gasteiger partial charge < -0.3 is 5.11 Å². The number of fused-ring (bicyclic) bond motifs is 1. The van der Waals surface area contributed by atoms with Crippen molar-refractivity contribution in [3.8, 4) is 11.1 Å². The summed E-state index contributed by atoms with van der Waals surface area (Å²) in [4.78, 5) is 0. The highest BCUT2D eigenvalue weighted by Crippen LogP contribution is 2.57. The Balaban J connectivity index is 1.58. The molecule has 0 heterocycles. The Morgan fingerprint density at radius 1 is 0.895 bits per heavy atom. The van der Waals surface area contributed by atoms with E-state index in [4.69, 9.17) is 0 Å². The molecule has 200 valence electrons. The van der Waals surface area contributed by atoms with Gasteiger partial charge in [0.05, 0.1) is 11.7 Å². The highest BCUT2D eigenvalue weighted by atomic mass is 19.4. The standard InChI is InChI=1S/C32H31F5O/c33-24-12-8-20(9-13-24)28-27-22(17-31(14-3-15-31)18-26(27)38)16-25(19-4-1-2-5-19)29(28)30(34)21-6-10-23(11-7-21)32(35,36)37/h6-13,16,19,26,30,38H,1-5,14-15,17-18H2. The first kappa shape index (κ1) is 25.5. The van der Waals surface area contributed by atoms with E-state index in [9.17, 15) is 22.7 Å². The minimum Gasteiger partial charge on any atom is -0.388 e. The number of aliphatic hydroxyl groups is 1. The van der Waals surface area contributed by atoms with E-state index in [0.717, 1.165) is 74.6 Å². The summed E-state index contributed by atoms with van der Waals surface area (Å²) in [6.45, 7) is 0. The topological polar surface area (TPSA) is 20.2 Å². The van der Waals surface area contributed by atoms with E-state index in [2.05, 4.69) is 6.07 Å².